The van der Waals surface area contributed by atoms with E-state index in [2.05, 4.69) is 46.7 Å². The molecule has 0 saturated carbocycles. The molecular formula is C21H32IN7O. The zero-order chi connectivity index (χ0) is 20.8. The molecule has 1 saturated heterocycles. The molecule has 2 heterocycles. The van der Waals surface area contributed by atoms with Crippen LogP contribution in [-0.4, -0.2) is 65.8 Å². The minimum atomic E-state index is 0. The van der Waals surface area contributed by atoms with Crippen molar-refractivity contribution in [3.8, 4) is 0 Å². The van der Waals surface area contributed by atoms with E-state index in [1.807, 2.05) is 36.3 Å². The van der Waals surface area contributed by atoms with E-state index >= 15 is 0 Å². The highest BCUT2D eigenvalue weighted by atomic mass is 127. The van der Waals surface area contributed by atoms with Gasteiger partial charge in [-0.3, -0.25) is 14.5 Å². The molecule has 1 aromatic carbocycles. The molecule has 1 amide bonds. The summed E-state index contributed by atoms with van der Waals surface area (Å²) in [5, 5.41) is 11.2. The first-order valence-corrected chi connectivity index (χ1v) is 10.0. The summed E-state index contributed by atoms with van der Waals surface area (Å²) in [4.78, 5) is 20.9. The number of anilines is 2. The van der Waals surface area contributed by atoms with E-state index < -0.39 is 0 Å². The lowest BCUT2D eigenvalue weighted by Crippen LogP contribution is -2.56. The van der Waals surface area contributed by atoms with Crippen molar-refractivity contribution in [3.05, 3.63) is 42.7 Å². The molecule has 164 valence electrons. The van der Waals surface area contributed by atoms with Gasteiger partial charge >= 0.3 is 0 Å². The van der Waals surface area contributed by atoms with Gasteiger partial charge in [-0.05, 0) is 18.1 Å². The van der Waals surface area contributed by atoms with Crippen molar-refractivity contribution < 1.29 is 4.79 Å². The molecule has 0 spiro atoms. The van der Waals surface area contributed by atoms with Crippen LogP contribution in [0.2, 0.25) is 0 Å². The van der Waals surface area contributed by atoms with Gasteiger partial charge in [-0.2, -0.15) is 5.10 Å². The zero-order valence-corrected chi connectivity index (χ0v) is 20.4. The smallest absolute Gasteiger partial charge is 0.246 e. The normalized spacial score (nSPS) is 15.8. The van der Waals surface area contributed by atoms with E-state index in [4.69, 9.17) is 0 Å². The lowest BCUT2D eigenvalue weighted by molar-refractivity contribution is -0.120. The van der Waals surface area contributed by atoms with Crippen molar-refractivity contribution in [2.75, 3.05) is 43.4 Å². The molecular weight excluding hydrogens is 493 g/mol. The fourth-order valence-corrected chi connectivity index (χ4v) is 3.41. The second-order valence-electron chi connectivity index (χ2n) is 7.63. The van der Waals surface area contributed by atoms with E-state index in [1.54, 1.807) is 22.8 Å². The van der Waals surface area contributed by atoms with Gasteiger partial charge in [0.1, 0.15) is 6.54 Å². The number of hydrogen-bond donors (Lipinski definition) is 2. The standard InChI is InChI=1S/C21H31N7O.HI/c1-16(2)19(25-17-8-6-5-7-9-17)13-23-21(22-3)27-10-11-28(20(29)15-27)18-12-24-26(4)14-18;/h5-9,12,14,16,19,25H,10-11,13,15H2,1-4H3,(H,22,23);1H. The summed E-state index contributed by atoms with van der Waals surface area (Å²) in [6, 6.07) is 10.4. The fourth-order valence-electron chi connectivity index (χ4n) is 3.41. The monoisotopic (exact) mass is 525 g/mol. The lowest BCUT2D eigenvalue weighted by atomic mass is 10.0. The van der Waals surface area contributed by atoms with Crippen LogP contribution in [0.1, 0.15) is 13.8 Å². The third kappa shape index (κ3) is 6.10. The maximum atomic E-state index is 12.7. The van der Waals surface area contributed by atoms with Gasteiger partial charge in [-0.15, -0.1) is 24.0 Å². The molecule has 1 atom stereocenters. The second kappa shape index (κ2) is 11.2. The number of aromatic nitrogens is 2. The topological polar surface area (TPSA) is 77.8 Å². The predicted molar refractivity (Wildman–Crippen MR) is 133 cm³/mol. The summed E-state index contributed by atoms with van der Waals surface area (Å²) in [6.45, 7) is 6.74. The summed E-state index contributed by atoms with van der Waals surface area (Å²) in [5.74, 6) is 1.24. The van der Waals surface area contributed by atoms with Crippen molar-refractivity contribution in [2.45, 2.75) is 19.9 Å². The van der Waals surface area contributed by atoms with Gasteiger partial charge in [-0.1, -0.05) is 32.0 Å². The number of carbonyl (C=O) groups excluding carboxylic acids is 1. The molecule has 0 radical (unpaired) electrons. The molecule has 2 N–H and O–H groups in total. The molecule has 1 aliphatic heterocycles. The molecule has 8 nitrogen and oxygen atoms in total. The van der Waals surface area contributed by atoms with Crippen molar-refractivity contribution >= 4 is 47.2 Å². The Morgan fingerprint density at radius 3 is 2.53 bits per heavy atom. The summed E-state index contributed by atoms with van der Waals surface area (Å²) in [6.07, 6.45) is 3.59. The van der Waals surface area contributed by atoms with Crippen molar-refractivity contribution in [2.24, 2.45) is 18.0 Å². The Morgan fingerprint density at radius 1 is 1.23 bits per heavy atom. The first-order chi connectivity index (χ1) is 14.0. The number of piperazine rings is 1. The van der Waals surface area contributed by atoms with Gasteiger partial charge in [-0.25, -0.2) is 0 Å². The Kier molecular flexibility index (Phi) is 8.94. The number of nitrogens with one attached hydrogen (secondary N) is 2. The number of guanidine groups is 1. The van der Waals surface area contributed by atoms with E-state index in [1.165, 1.54) is 0 Å². The fraction of sp³-hybridized carbons (Fsp3) is 0.476. The minimum absolute atomic E-state index is 0. The maximum Gasteiger partial charge on any atom is 0.246 e. The highest BCUT2D eigenvalue weighted by Crippen LogP contribution is 2.16. The van der Waals surface area contributed by atoms with Gasteiger partial charge in [0.15, 0.2) is 5.96 Å². The van der Waals surface area contributed by atoms with E-state index in [9.17, 15) is 4.79 Å². The summed E-state index contributed by atoms with van der Waals surface area (Å²) < 4.78 is 1.71. The average Bonchev–Trinajstić information content (AvgIpc) is 3.14. The highest BCUT2D eigenvalue weighted by Gasteiger charge is 2.28. The largest absolute Gasteiger partial charge is 0.380 e. The van der Waals surface area contributed by atoms with Crippen LogP contribution in [-0.2, 0) is 11.8 Å². The quantitative estimate of drug-likeness (QED) is 0.344. The van der Waals surface area contributed by atoms with Gasteiger partial charge in [0.05, 0.1) is 11.9 Å². The number of halogens is 1. The maximum absolute atomic E-state index is 12.7. The Morgan fingerprint density at radius 2 is 1.97 bits per heavy atom. The molecule has 30 heavy (non-hydrogen) atoms. The van der Waals surface area contributed by atoms with Crippen molar-refractivity contribution in [1.29, 1.82) is 0 Å². The number of nitrogens with zero attached hydrogens (tertiary/aromatic N) is 5. The number of para-hydroxylation sites is 1. The number of aliphatic imine (C=N–C) groups is 1. The number of carbonyl (C=O) groups is 1. The molecule has 9 heteroatoms. The summed E-state index contributed by atoms with van der Waals surface area (Å²) in [5.41, 5.74) is 1.94. The van der Waals surface area contributed by atoms with Crippen LogP contribution in [0.3, 0.4) is 0 Å². The van der Waals surface area contributed by atoms with Gasteiger partial charge in [0.25, 0.3) is 0 Å². The molecule has 1 aromatic heterocycles. The van der Waals surface area contributed by atoms with Gasteiger partial charge < -0.3 is 20.4 Å². The van der Waals surface area contributed by atoms with Crippen LogP contribution in [0.5, 0.6) is 0 Å². The average molecular weight is 525 g/mol. The zero-order valence-electron chi connectivity index (χ0n) is 18.1. The summed E-state index contributed by atoms with van der Waals surface area (Å²) in [7, 11) is 3.61. The molecule has 1 unspecified atom stereocenters. The number of benzene rings is 1. The second-order valence-corrected chi connectivity index (χ2v) is 7.63. The molecule has 2 aromatic rings. The van der Waals surface area contributed by atoms with Crippen LogP contribution in [0.4, 0.5) is 11.4 Å². The van der Waals surface area contributed by atoms with Crippen LogP contribution < -0.4 is 15.5 Å². The SMILES string of the molecule is CN=C(NCC(Nc1ccccc1)C(C)C)N1CCN(c2cnn(C)c2)C(=O)C1.I. The Balaban J connectivity index is 0.00000320. The first kappa shape index (κ1) is 24.0. The Labute approximate surface area is 195 Å². The molecule has 3 rings (SSSR count). The number of rotatable bonds is 6. The minimum Gasteiger partial charge on any atom is -0.380 e. The van der Waals surface area contributed by atoms with Crippen LogP contribution >= 0.6 is 24.0 Å². The predicted octanol–water partition coefficient (Wildman–Crippen LogP) is 2.40. The van der Waals surface area contributed by atoms with Crippen molar-refractivity contribution in [3.63, 3.8) is 0 Å². The highest BCUT2D eigenvalue weighted by molar-refractivity contribution is 14.0. The number of aryl methyl sites for hydroxylation is 1. The molecule has 1 fully saturated rings. The van der Waals surface area contributed by atoms with Crippen LogP contribution in [0.25, 0.3) is 0 Å². The van der Waals surface area contributed by atoms with Crippen LogP contribution in [0.15, 0.2) is 47.7 Å². The number of hydrogen-bond acceptors (Lipinski definition) is 4. The molecule has 1 aliphatic rings. The van der Waals surface area contributed by atoms with Gasteiger partial charge in [0, 0.05) is 51.7 Å². The summed E-state index contributed by atoms with van der Waals surface area (Å²) >= 11 is 0. The van der Waals surface area contributed by atoms with Crippen molar-refractivity contribution in [1.82, 2.24) is 20.0 Å². The van der Waals surface area contributed by atoms with E-state index in [0.29, 0.717) is 19.0 Å². The number of amides is 1. The third-order valence-electron chi connectivity index (χ3n) is 5.15. The van der Waals surface area contributed by atoms with E-state index in [0.717, 1.165) is 30.4 Å². The Bertz CT molecular complexity index is 837. The third-order valence-corrected chi connectivity index (χ3v) is 5.15. The lowest BCUT2D eigenvalue weighted by Gasteiger charge is -2.36. The molecule has 0 bridgehead atoms. The van der Waals surface area contributed by atoms with Crippen LogP contribution in [0, 0.1) is 5.92 Å². The Hall–Kier alpha value is -2.30. The first-order valence-electron chi connectivity index (χ1n) is 10.0. The van der Waals surface area contributed by atoms with E-state index in [-0.39, 0.29) is 35.9 Å². The molecule has 0 aliphatic carbocycles. The van der Waals surface area contributed by atoms with Gasteiger partial charge in [0.2, 0.25) is 5.91 Å².